The molecule has 1 aromatic carbocycles. The molecule has 7 heteroatoms. The van der Waals surface area contributed by atoms with Crippen molar-refractivity contribution >= 4 is 22.8 Å². The Morgan fingerprint density at radius 2 is 1.96 bits per heavy atom. The van der Waals surface area contributed by atoms with Crippen molar-refractivity contribution in [3.05, 3.63) is 53.9 Å². The van der Waals surface area contributed by atoms with E-state index in [9.17, 15) is 14.7 Å². The van der Waals surface area contributed by atoms with Crippen molar-refractivity contribution in [3.63, 3.8) is 0 Å². The molecule has 0 spiro atoms. The van der Waals surface area contributed by atoms with Crippen LogP contribution in [0.2, 0.25) is 0 Å². The second-order valence-electron chi connectivity index (χ2n) is 6.36. The Labute approximate surface area is 150 Å². The number of carboxylic acid groups (broad SMARTS) is 1. The van der Waals surface area contributed by atoms with Gasteiger partial charge < -0.3 is 10.4 Å². The largest absolute Gasteiger partial charge is 0.480 e. The lowest BCUT2D eigenvalue weighted by atomic mass is 9.98. The Bertz CT molecular complexity index is 995. The Balaban J connectivity index is 1.94. The summed E-state index contributed by atoms with van der Waals surface area (Å²) >= 11 is 0. The van der Waals surface area contributed by atoms with Crippen LogP contribution in [0.1, 0.15) is 36.3 Å². The maximum absolute atomic E-state index is 12.6. The number of para-hydroxylation sites is 1. The van der Waals surface area contributed by atoms with E-state index in [1.54, 1.807) is 18.5 Å². The number of benzene rings is 1. The number of amides is 1. The predicted molar refractivity (Wildman–Crippen MR) is 97.4 cm³/mol. The lowest BCUT2D eigenvalue weighted by molar-refractivity contribution is -0.143. The van der Waals surface area contributed by atoms with Gasteiger partial charge in [0.25, 0.3) is 5.91 Å². The zero-order chi connectivity index (χ0) is 18.9. The van der Waals surface area contributed by atoms with Crippen LogP contribution in [0, 0.1) is 6.92 Å². The number of nitrogens with one attached hydrogen (secondary N) is 1. The van der Waals surface area contributed by atoms with E-state index in [1.165, 1.54) is 13.1 Å². The third-order valence-corrected chi connectivity index (χ3v) is 4.62. The zero-order valence-electron chi connectivity index (χ0n) is 14.9. The third kappa shape index (κ3) is 3.03. The molecule has 0 bridgehead atoms. The molecule has 26 heavy (non-hydrogen) atoms. The summed E-state index contributed by atoms with van der Waals surface area (Å²) in [5.74, 6) is -0.951. The van der Waals surface area contributed by atoms with Gasteiger partial charge in [-0.25, -0.2) is 14.5 Å². The van der Waals surface area contributed by atoms with Gasteiger partial charge in [-0.3, -0.25) is 4.79 Å². The summed E-state index contributed by atoms with van der Waals surface area (Å²) in [6, 6.07) is 11.5. The quantitative estimate of drug-likeness (QED) is 0.736. The summed E-state index contributed by atoms with van der Waals surface area (Å²) < 4.78 is 1.57. The van der Waals surface area contributed by atoms with Gasteiger partial charge in [0, 0.05) is 5.39 Å². The first-order chi connectivity index (χ1) is 12.4. The summed E-state index contributed by atoms with van der Waals surface area (Å²) in [5.41, 5.74) is 0.414. The minimum atomic E-state index is -1.33. The second-order valence-corrected chi connectivity index (χ2v) is 6.36. The van der Waals surface area contributed by atoms with E-state index >= 15 is 0 Å². The lowest BCUT2D eigenvalue weighted by Gasteiger charge is -2.24. The first kappa shape index (κ1) is 17.6. The van der Waals surface area contributed by atoms with Gasteiger partial charge in [-0.15, -0.1) is 0 Å². The van der Waals surface area contributed by atoms with Crippen LogP contribution in [0.4, 0.5) is 0 Å². The van der Waals surface area contributed by atoms with E-state index in [2.05, 4.69) is 15.4 Å². The molecule has 0 aliphatic rings. The molecule has 2 aromatic heterocycles. The van der Waals surface area contributed by atoms with Gasteiger partial charge in [0.2, 0.25) is 0 Å². The molecule has 7 nitrogen and oxygen atoms in total. The van der Waals surface area contributed by atoms with Crippen LogP contribution < -0.4 is 5.32 Å². The molecule has 0 radical (unpaired) electrons. The van der Waals surface area contributed by atoms with Gasteiger partial charge >= 0.3 is 5.97 Å². The molecule has 0 aliphatic heterocycles. The second kappa shape index (κ2) is 6.59. The monoisotopic (exact) mass is 352 g/mol. The van der Waals surface area contributed by atoms with E-state index in [-0.39, 0.29) is 6.42 Å². The van der Waals surface area contributed by atoms with Crippen molar-refractivity contribution in [2.45, 2.75) is 32.7 Å². The highest BCUT2D eigenvalue weighted by atomic mass is 16.4. The number of hydrogen-bond donors (Lipinski definition) is 2. The third-order valence-electron chi connectivity index (χ3n) is 4.62. The number of carbonyl (C=O) groups is 2. The average Bonchev–Trinajstić information content (AvgIpc) is 3.02. The summed E-state index contributed by atoms with van der Waals surface area (Å²) in [7, 11) is 0. The molecule has 1 unspecified atom stereocenters. The summed E-state index contributed by atoms with van der Waals surface area (Å²) in [6.45, 7) is 4.95. The number of fused-ring (bicyclic) bond motifs is 1. The van der Waals surface area contributed by atoms with Crippen LogP contribution in [-0.2, 0) is 4.79 Å². The van der Waals surface area contributed by atoms with Crippen molar-refractivity contribution in [1.29, 1.82) is 0 Å². The number of pyridine rings is 1. The van der Waals surface area contributed by atoms with Crippen LogP contribution in [-0.4, -0.2) is 37.3 Å². The van der Waals surface area contributed by atoms with Gasteiger partial charge in [0.15, 0.2) is 5.82 Å². The highest BCUT2D eigenvalue weighted by Crippen LogP contribution is 2.18. The molecule has 2 N–H and O–H groups in total. The topological polar surface area (TPSA) is 97.1 Å². The van der Waals surface area contributed by atoms with E-state index in [0.29, 0.717) is 17.1 Å². The highest BCUT2D eigenvalue weighted by molar-refractivity contribution is 5.98. The molecule has 2 heterocycles. The van der Waals surface area contributed by atoms with E-state index < -0.39 is 17.4 Å². The SMILES string of the molecule is CCC(C)(NC(=O)c1cnn(-c2ccc3ccccc3n2)c1C)C(=O)O. The molecule has 0 aliphatic carbocycles. The van der Waals surface area contributed by atoms with Crippen molar-refractivity contribution in [2.75, 3.05) is 0 Å². The van der Waals surface area contributed by atoms with Gasteiger partial charge in [-0.05, 0) is 38.5 Å². The van der Waals surface area contributed by atoms with Crippen molar-refractivity contribution in [3.8, 4) is 5.82 Å². The van der Waals surface area contributed by atoms with Crippen LogP contribution in [0.3, 0.4) is 0 Å². The molecule has 0 saturated carbocycles. The number of rotatable bonds is 5. The van der Waals surface area contributed by atoms with Gasteiger partial charge in [0.05, 0.1) is 23.0 Å². The van der Waals surface area contributed by atoms with E-state index in [1.807, 2.05) is 36.4 Å². The van der Waals surface area contributed by atoms with Crippen molar-refractivity contribution < 1.29 is 14.7 Å². The summed E-state index contributed by atoms with van der Waals surface area (Å²) in [6.07, 6.45) is 1.70. The van der Waals surface area contributed by atoms with Crippen LogP contribution in [0.15, 0.2) is 42.6 Å². The Kier molecular flexibility index (Phi) is 4.46. The minimum absolute atomic E-state index is 0.271. The zero-order valence-corrected chi connectivity index (χ0v) is 14.9. The fourth-order valence-corrected chi connectivity index (χ4v) is 2.65. The highest BCUT2D eigenvalue weighted by Gasteiger charge is 2.34. The number of carbonyl (C=O) groups excluding carboxylic acids is 1. The number of aromatic nitrogens is 3. The maximum Gasteiger partial charge on any atom is 0.329 e. The van der Waals surface area contributed by atoms with Crippen LogP contribution in [0.5, 0.6) is 0 Å². The lowest BCUT2D eigenvalue weighted by Crippen LogP contribution is -2.51. The smallest absolute Gasteiger partial charge is 0.329 e. The van der Waals surface area contributed by atoms with Gasteiger partial charge in [0.1, 0.15) is 5.54 Å². The normalized spacial score (nSPS) is 13.3. The molecule has 3 aromatic rings. The molecule has 0 saturated heterocycles. The number of nitrogens with zero attached hydrogens (tertiary/aromatic N) is 3. The fraction of sp³-hybridized carbons (Fsp3) is 0.263. The number of aliphatic carboxylic acids is 1. The van der Waals surface area contributed by atoms with Crippen molar-refractivity contribution in [2.24, 2.45) is 0 Å². The van der Waals surface area contributed by atoms with E-state index in [4.69, 9.17) is 0 Å². The fourth-order valence-electron chi connectivity index (χ4n) is 2.65. The Morgan fingerprint density at radius 1 is 1.23 bits per heavy atom. The molecular weight excluding hydrogens is 332 g/mol. The first-order valence-corrected chi connectivity index (χ1v) is 8.32. The summed E-state index contributed by atoms with van der Waals surface area (Å²) in [5, 5.41) is 17.2. The minimum Gasteiger partial charge on any atom is -0.480 e. The first-order valence-electron chi connectivity index (χ1n) is 8.32. The van der Waals surface area contributed by atoms with Crippen LogP contribution in [0.25, 0.3) is 16.7 Å². The average molecular weight is 352 g/mol. The molecule has 3 rings (SSSR count). The maximum atomic E-state index is 12.6. The number of carboxylic acids is 1. The van der Waals surface area contributed by atoms with Gasteiger partial charge in [-0.1, -0.05) is 25.1 Å². The van der Waals surface area contributed by atoms with Crippen LogP contribution >= 0.6 is 0 Å². The molecular formula is C19H20N4O3. The number of hydrogen-bond acceptors (Lipinski definition) is 4. The Hall–Kier alpha value is -3.22. The molecule has 134 valence electrons. The van der Waals surface area contributed by atoms with E-state index in [0.717, 1.165) is 10.9 Å². The standard InChI is InChI=1S/C19H20N4O3/c1-4-19(3,18(25)26)22-17(24)14-11-20-23(12(14)2)16-10-9-13-7-5-6-8-15(13)21-16/h5-11H,4H2,1-3H3,(H,22,24)(H,25,26). The van der Waals surface area contributed by atoms with Gasteiger partial charge in [-0.2, -0.15) is 5.10 Å². The Morgan fingerprint density at radius 3 is 2.65 bits per heavy atom. The summed E-state index contributed by atoms with van der Waals surface area (Å²) in [4.78, 5) is 28.5. The predicted octanol–water partition coefficient (Wildman–Crippen LogP) is 2.71. The molecule has 1 atom stereocenters. The molecule has 0 fully saturated rings. The molecule has 1 amide bonds. The van der Waals surface area contributed by atoms with Crippen molar-refractivity contribution in [1.82, 2.24) is 20.1 Å².